The van der Waals surface area contributed by atoms with Crippen LogP contribution in [0.5, 0.6) is 5.75 Å². The minimum absolute atomic E-state index is 0.0413. The highest BCUT2D eigenvalue weighted by Gasteiger charge is 2.29. The van der Waals surface area contributed by atoms with E-state index in [2.05, 4.69) is 0 Å². The molecule has 0 heterocycles. The Bertz CT molecular complexity index is 653. The average Bonchev–Trinajstić information content (AvgIpc) is 2.85. The number of carbonyl (C=O) groups excluding carboxylic acids is 1. The molecule has 3 saturated carbocycles. The minimum Gasteiger partial charge on any atom is -0.426 e. The maximum Gasteiger partial charge on any atom is 0.314 e. The molecular weight excluding hydrogens is 400 g/mol. The zero-order valence-corrected chi connectivity index (χ0v) is 19.7. The van der Waals surface area contributed by atoms with Gasteiger partial charge in [-0.1, -0.05) is 50.3 Å². The van der Waals surface area contributed by atoms with Crippen molar-refractivity contribution in [2.45, 2.75) is 109 Å². The molecule has 0 aliphatic heterocycles. The molecule has 1 aromatic rings. The van der Waals surface area contributed by atoms with Crippen molar-refractivity contribution in [1.82, 2.24) is 0 Å². The lowest BCUT2D eigenvalue weighted by Crippen LogP contribution is -2.27. The van der Waals surface area contributed by atoms with Gasteiger partial charge in [-0.3, -0.25) is 4.79 Å². The Balaban J connectivity index is 1.05. The Kier molecular flexibility index (Phi) is 9.46. The molecule has 3 fully saturated rings. The lowest BCUT2D eigenvalue weighted by Gasteiger charge is -2.31. The number of carbonyl (C=O) groups is 1. The van der Waals surface area contributed by atoms with Gasteiger partial charge in [0.05, 0.1) is 18.1 Å². The molecule has 3 aliphatic carbocycles. The van der Waals surface area contributed by atoms with Crippen molar-refractivity contribution < 1.29 is 19.0 Å². The second kappa shape index (κ2) is 12.7. The maximum atomic E-state index is 12.4. The number of esters is 1. The molecule has 0 N–H and O–H groups in total. The number of hydrogen-bond donors (Lipinski definition) is 0. The van der Waals surface area contributed by atoms with Crippen LogP contribution >= 0.6 is 0 Å². The number of hydrogen-bond acceptors (Lipinski definition) is 4. The van der Waals surface area contributed by atoms with E-state index in [0.29, 0.717) is 24.8 Å². The summed E-state index contributed by atoms with van der Waals surface area (Å²) in [6.07, 6.45) is 19.2. The van der Waals surface area contributed by atoms with Crippen molar-refractivity contribution in [2.24, 2.45) is 17.8 Å². The summed E-state index contributed by atoms with van der Waals surface area (Å²) in [5, 5.41) is 0. The Hall–Kier alpha value is -1.39. The molecule has 0 aromatic heterocycles. The average molecular weight is 443 g/mol. The summed E-state index contributed by atoms with van der Waals surface area (Å²) in [5.41, 5.74) is 0. The second-order valence-corrected chi connectivity index (χ2v) is 10.4. The van der Waals surface area contributed by atoms with E-state index in [0.717, 1.165) is 24.7 Å². The second-order valence-electron chi connectivity index (χ2n) is 10.4. The van der Waals surface area contributed by atoms with Crippen LogP contribution in [-0.2, 0) is 14.3 Å². The van der Waals surface area contributed by atoms with Gasteiger partial charge in [0, 0.05) is 0 Å². The zero-order valence-electron chi connectivity index (χ0n) is 19.7. The van der Waals surface area contributed by atoms with Crippen LogP contribution < -0.4 is 4.74 Å². The van der Waals surface area contributed by atoms with Gasteiger partial charge >= 0.3 is 5.97 Å². The number of benzene rings is 1. The first-order valence-corrected chi connectivity index (χ1v) is 13.3. The SMILES string of the molecule is O=C(Oc1ccccc1)C1CCC(CCC2CCC(OCOC3CCCCC3)CC2)CC1. The normalized spacial score (nSPS) is 29.5. The summed E-state index contributed by atoms with van der Waals surface area (Å²) in [4.78, 5) is 12.4. The van der Waals surface area contributed by atoms with Gasteiger partial charge in [0.2, 0.25) is 0 Å². The highest BCUT2D eigenvalue weighted by molar-refractivity contribution is 5.75. The predicted octanol–water partition coefficient (Wildman–Crippen LogP) is 7.06. The zero-order chi connectivity index (χ0) is 22.0. The van der Waals surface area contributed by atoms with Gasteiger partial charge in [-0.25, -0.2) is 0 Å². The molecule has 0 radical (unpaired) electrons. The highest BCUT2D eigenvalue weighted by Crippen LogP contribution is 2.36. The third kappa shape index (κ3) is 7.59. The lowest BCUT2D eigenvalue weighted by molar-refractivity contribution is -0.140. The number of rotatable bonds is 9. The molecule has 0 amide bonds. The van der Waals surface area contributed by atoms with Crippen LogP contribution in [0.1, 0.15) is 96.3 Å². The monoisotopic (exact) mass is 442 g/mol. The topological polar surface area (TPSA) is 44.8 Å². The van der Waals surface area contributed by atoms with Crippen LogP contribution in [-0.4, -0.2) is 25.0 Å². The van der Waals surface area contributed by atoms with E-state index < -0.39 is 0 Å². The van der Waals surface area contributed by atoms with Crippen molar-refractivity contribution in [3.63, 3.8) is 0 Å². The Morgan fingerprint density at radius 2 is 1.25 bits per heavy atom. The predicted molar refractivity (Wildman–Crippen MR) is 126 cm³/mol. The molecule has 3 aliphatic rings. The van der Waals surface area contributed by atoms with Crippen LogP contribution in [0.3, 0.4) is 0 Å². The quantitative estimate of drug-likeness (QED) is 0.233. The molecule has 0 spiro atoms. The van der Waals surface area contributed by atoms with E-state index in [1.165, 1.54) is 83.5 Å². The van der Waals surface area contributed by atoms with E-state index in [4.69, 9.17) is 14.2 Å². The van der Waals surface area contributed by atoms with E-state index in [-0.39, 0.29) is 11.9 Å². The summed E-state index contributed by atoms with van der Waals surface area (Å²) < 4.78 is 17.5. The van der Waals surface area contributed by atoms with Gasteiger partial charge in [-0.15, -0.1) is 0 Å². The first kappa shape index (κ1) is 23.8. The highest BCUT2D eigenvalue weighted by atomic mass is 16.7. The van der Waals surface area contributed by atoms with Gasteiger partial charge in [0.15, 0.2) is 0 Å². The van der Waals surface area contributed by atoms with Crippen LogP contribution in [0, 0.1) is 17.8 Å². The molecule has 1 aromatic carbocycles. The van der Waals surface area contributed by atoms with Crippen molar-refractivity contribution >= 4 is 5.97 Å². The van der Waals surface area contributed by atoms with Crippen LogP contribution in [0.2, 0.25) is 0 Å². The molecule has 0 unspecified atom stereocenters. The molecule has 4 nitrogen and oxygen atoms in total. The van der Waals surface area contributed by atoms with E-state index >= 15 is 0 Å². The van der Waals surface area contributed by atoms with Crippen molar-refractivity contribution in [3.05, 3.63) is 30.3 Å². The van der Waals surface area contributed by atoms with Gasteiger partial charge in [0.1, 0.15) is 12.5 Å². The largest absolute Gasteiger partial charge is 0.426 e. The molecule has 178 valence electrons. The number of para-hydroxylation sites is 1. The summed E-state index contributed by atoms with van der Waals surface area (Å²) in [5.74, 6) is 2.35. The Morgan fingerprint density at radius 1 is 0.688 bits per heavy atom. The first-order valence-electron chi connectivity index (χ1n) is 13.3. The minimum atomic E-state index is -0.0413. The Labute approximate surface area is 194 Å². The van der Waals surface area contributed by atoms with Crippen LogP contribution in [0.15, 0.2) is 30.3 Å². The lowest BCUT2D eigenvalue weighted by atomic mass is 9.77. The molecule has 4 rings (SSSR count). The van der Waals surface area contributed by atoms with Gasteiger partial charge in [-0.2, -0.15) is 0 Å². The fourth-order valence-corrected chi connectivity index (χ4v) is 5.90. The summed E-state index contributed by atoms with van der Waals surface area (Å²) in [6.45, 7) is 0.496. The van der Waals surface area contributed by atoms with Crippen LogP contribution in [0.25, 0.3) is 0 Å². The molecule has 0 atom stereocenters. The smallest absolute Gasteiger partial charge is 0.314 e. The van der Waals surface area contributed by atoms with Gasteiger partial charge in [-0.05, 0) is 88.2 Å². The third-order valence-corrected chi connectivity index (χ3v) is 8.08. The molecular formula is C28H42O4. The number of ether oxygens (including phenoxy) is 3. The van der Waals surface area contributed by atoms with Crippen molar-refractivity contribution in [1.29, 1.82) is 0 Å². The molecule has 0 saturated heterocycles. The van der Waals surface area contributed by atoms with E-state index in [9.17, 15) is 4.79 Å². The molecule has 4 heteroatoms. The third-order valence-electron chi connectivity index (χ3n) is 8.08. The van der Waals surface area contributed by atoms with Gasteiger partial charge in [0.25, 0.3) is 0 Å². The van der Waals surface area contributed by atoms with Crippen molar-refractivity contribution in [2.75, 3.05) is 6.79 Å². The van der Waals surface area contributed by atoms with Crippen LogP contribution in [0.4, 0.5) is 0 Å². The fraction of sp³-hybridized carbons (Fsp3) is 0.750. The summed E-state index contributed by atoms with van der Waals surface area (Å²) >= 11 is 0. The Morgan fingerprint density at radius 3 is 1.88 bits per heavy atom. The van der Waals surface area contributed by atoms with E-state index in [1.807, 2.05) is 30.3 Å². The van der Waals surface area contributed by atoms with Gasteiger partial charge < -0.3 is 14.2 Å². The standard InChI is InChI=1S/C28H42O4/c29-28(32-27-9-5-2-6-10-27)24-17-13-22(14-18-24)11-12-23-15-19-26(20-16-23)31-21-30-25-7-3-1-4-8-25/h2,5-6,9-10,22-26H,1,3-4,7-8,11-21H2. The summed E-state index contributed by atoms with van der Waals surface area (Å²) in [7, 11) is 0. The first-order chi connectivity index (χ1) is 15.8. The van der Waals surface area contributed by atoms with E-state index in [1.54, 1.807) is 0 Å². The molecule has 0 bridgehead atoms. The fourth-order valence-electron chi connectivity index (χ4n) is 5.90. The maximum absolute atomic E-state index is 12.4. The van der Waals surface area contributed by atoms with Crippen molar-refractivity contribution in [3.8, 4) is 5.75 Å². The summed E-state index contributed by atoms with van der Waals surface area (Å²) in [6, 6.07) is 9.46. The molecule has 32 heavy (non-hydrogen) atoms.